The van der Waals surface area contributed by atoms with Crippen molar-refractivity contribution in [1.29, 1.82) is 0 Å². The summed E-state index contributed by atoms with van der Waals surface area (Å²) in [6.07, 6.45) is 12.4. The molecule has 1 rings (SSSR count). The van der Waals surface area contributed by atoms with E-state index in [4.69, 9.17) is 8.85 Å². The van der Waals surface area contributed by atoms with E-state index in [0.29, 0.717) is 12.8 Å². The van der Waals surface area contributed by atoms with E-state index in [1.54, 1.807) is 0 Å². The summed E-state index contributed by atoms with van der Waals surface area (Å²) in [5, 5.41) is 0.167. The third-order valence-electron chi connectivity index (χ3n) is 7.73. The Labute approximate surface area is 208 Å². The fourth-order valence-corrected chi connectivity index (χ4v) is 7.34. The van der Waals surface area contributed by atoms with Gasteiger partial charge < -0.3 is 8.85 Å². The summed E-state index contributed by atoms with van der Waals surface area (Å²) in [4.78, 5) is 13.5. The molecule has 0 bridgehead atoms. The van der Waals surface area contributed by atoms with Gasteiger partial charge in [-0.25, -0.2) is 0 Å². The minimum Gasteiger partial charge on any atom is -0.411 e. The van der Waals surface area contributed by atoms with Crippen LogP contribution in [0.1, 0.15) is 87.0 Å². The Morgan fingerprint density at radius 3 is 2.24 bits per heavy atom. The molecule has 3 nitrogen and oxygen atoms in total. The molecule has 0 aromatic heterocycles. The second-order valence-corrected chi connectivity index (χ2v) is 20.1. The number of rotatable bonds is 12. The van der Waals surface area contributed by atoms with Gasteiger partial charge in [0.2, 0.25) is 0 Å². The molecule has 0 aliphatic heterocycles. The molecule has 0 amide bonds. The van der Waals surface area contributed by atoms with Crippen molar-refractivity contribution in [2.75, 3.05) is 0 Å². The largest absolute Gasteiger partial charge is 0.411 e. The number of carbonyl (C=O) groups excluding carboxylic acids is 1. The van der Waals surface area contributed by atoms with Crippen LogP contribution in [0.5, 0.6) is 0 Å². The molecule has 33 heavy (non-hydrogen) atoms. The quantitative estimate of drug-likeness (QED) is 0.156. The van der Waals surface area contributed by atoms with Gasteiger partial charge >= 0.3 is 0 Å². The van der Waals surface area contributed by atoms with Crippen molar-refractivity contribution >= 4 is 23.1 Å². The molecule has 1 aliphatic carbocycles. The first-order valence-corrected chi connectivity index (χ1v) is 18.9. The minimum atomic E-state index is -1.91. The number of Topliss-reactive ketones (excluding diaryl/α,β-unsaturated/α-hetero) is 1. The molecule has 5 heteroatoms. The van der Waals surface area contributed by atoms with Crippen LogP contribution in [-0.2, 0) is 13.6 Å². The van der Waals surface area contributed by atoms with Crippen LogP contribution in [0.25, 0.3) is 0 Å². The first-order chi connectivity index (χ1) is 15.0. The summed E-state index contributed by atoms with van der Waals surface area (Å²) in [5.41, 5.74) is -0.741. The lowest BCUT2D eigenvalue weighted by atomic mass is 9.71. The highest BCUT2D eigenvalue weighted by Crippen LogP contribution is 2.51. The lowest BCUT2D eigenvalue weighted by Gasteiger charge is -2.40. The Hall–Kier alpha value is -0.496. The van der Waals surface area contributed by atoms with Crippen LogP contribution in [0.15, 0.2) is 24.8 Å². The fraction of sp³-hybridized carbons (Fsp3) is 0.821. The summed E-state index contributed by atoms with van der Waals surface area (Å²) in [6, 6.07) is 0. The van der Waals surface area contributed by atoms with Gasteiger partial charge in [-0.05, 0) is 49.0 Å². The van der Waals surface area contributed by atoms with Crippen molar-refractivity contribution in [3.05, 3.63) is 24.8 Å². The lowest BCUT2D eigenvalue weighted by Crippen LogP contribution is -2.47. The normalized spacial score (nSPS) is 25.9. The van der Waals surface area contributed by atoms with E-state index in [1.807, 2.05) is 6.08 Å². The first-order valence-electron chi connectivity index (χ1n) is 13.2. The van der Waals surface area contributed by atoms with Gasteiger partial charge in [-0.1, -0.05) is 86.0 Å². The van der Waals surface area contributed by atoms with Gasteiger partial charge in [0.15, 0.2) is 23.1 Å². The van der Waals surface area contributed by atoms with E-state index < -0.39 is 23.0 Å². The monoisotopic (exact) mass is 494 g/mol. The molecule has 1 fully saturated rings. The Morgan fingerprint density at radius 1 is 1.18 bits per heavy atom. The summed E-state index contributed by atoms with van der Waals surface area (Å²) >= 11 is 0. The summed E-state index contributed by atoms with van der Waals surface area (Å²) < 4.78 is 13.5. The van der Waals surface area contributed by atoms with Gasteiger partial charge in [-0.15, -0.1) is 6.58 Å². The molecule has 0 unspecified atom stereocenters. The van der Waals surface area contributed by atoms with E-state index in [1.165, 1.54) is 19.3 Å². The molecule has 0 aromatic carbocycles. The van der Waals surface area contributed by atoms with Crippen molar-refractivity contribution in [3.63, 3.8) is 0 Å². The maximum Gasteiger partial charge on any atom is 0.192 e. The molecule has 4 atom stereocenters. The predicted molar refractivity (Wildman–Crippen MR) is 149 cm³/mol. The SMILES string of the molecule is C=CC[C@]1(O[SiH](C)C)C(=O)C[C@H](C(C)(C)C)[C@@H]1C=C[C@H](CCCCC)O[Si](C)(C)C(C)(C)C. The van der Waals surface area contributed by atoms with Gasteiger partial charge in [-0.2, -0.15) is 0 Å². The lowest BCUT2D eigenvalue weighted by molar-refractivity contribution is -0.132. The van der Waals surface area contributed by atoms with Crippen LogP contribution in [0.2, 0.25) is 31.2 Å². The smallest absolute Gasteiger partial charge is 0.192 e. The Bertz CT molecular complexity index is 670. The van der Waals surface area contributed by atoms with Crippen molar-refractivity contribution in [2.45, 2.75) is 130 Å². The van der Waals surface area contributed by atoms with Gasteiger partial charge in [0.25, 0.3) is 0 Å². The Morgan fingerprint density at radius 2 is 1.79 bits per heavy atom. The van der Waals surface area contributed by atoms with Crippen LogP contribution in [0.4, 0.5) is 0 Å². The van der Waals surface area contributed by atoms with E-state index in [2.05, 4.69) is 93.4 Å². The van der Waals surface area contributed by atoms with Crippen LogP contribution in [0, 0.1) is 17.3 Å². The third-order valence-corrected chi connectivity index (χ3v) is 13.1. The third kappa shape index (κ3) is 8.01. The first kappa shape index (κ1) is 30.5. The number of hydrogen-bond donors (Lipinski definition) is 0. The zero-order valence-electron chi connectivity index (χ0n) is 23.7. The Balaban J connectivity index is 3.41. The van der Waals surface area contributed by atoms with E-state index >= 15 is 0 Å². The average Bonchev–Trinajstić information content (AvgIpc) is 2.90. The number of ketones is 1. The molecule has 192 valence electrons. The second kappa shape index (κ2) is 12.0. The molecular weight excluding hydrogens is 440 g/mol. The standard InChI is InChI=1S/C28H54O3Si2/c1-13-15-16-17-22(30-33(11,12)27(6,7)8)18-19-23-24(26(3,4)5)21-25(29)28(23,20-14-2)31-32(9)10/h14,18-19,22-24,32H,2,13,15-17,20-21H2,1,3-12H3/t22-,23-,24-,28+/m0/s1. The molecular formula is C28H54O3Si2. The maximum absolute atomic E-state index is 13.5. The van der Waals surface area contributed by atoms with Crippen molar-refractivity contribution in [1.82, 2.24) is 0 Å². The molecule has 1 saturated carbocycles. The molecule has 0 N–H and O–H groups in total. The predicted octanol–water partition coefficient (Wildman–Crippen LogP) is 8.08. The van der Waals surface area contributed by atoms with Gasteiger partial charge in [0.05, 0.1) is 6.10 Å². The highest BCUT2D eigenvalue weighted by molar-refractivity contribution is 6.74. The van der Waals surface area contributed by atoms with Crippen LogP contribution >= 0.6 is 0 Å². The zero-order chi connectivity index (χ0) is 25.7. The Kier molecular flexibility index (Phi) is 11.1. The van der Waals surface area contributed by atoms with Gasteiger partial charge in [0.1, 0.15) is 5.60 Å². The number of carbonyl (C=O) groups is 1. The fourth-order valence-electron chi connectivity index (χ4n) is 4.81. The molecule has 0 spiro atoms. The van der Waals surface area contributed by atoms with Crippen LogP contribution in [0.3, 0.4) is 0 Å². The second-order valence-electron chi connectivity index (χ2n) is 13.0. The summed E-state index contributed by atoms with van der Waals surface area (Å²) in [7, 11) is -3.35. The molecule has 0 saturated heterocycles. The van der Waals surface area contributed by atoms with Crippen LogP contribution < -0.4 is 0 Å². The number of hydrogen-bond acceptors (Lipinski definition) is 3. The highest BCUT2D eigenvalue weighted by atomic mass is 28.4. The van der Waals surface area contributed by atoms with E-state index in [9.17, 15) is 4.79 Å². The van der Waals surface area contributed by atoms with E-state index in [-0.39, 0.29) is 34.2 Å². The summed E-state index contributed by atoms with van der Waals surface area (Å²) in [6.45, 7) is 28.9. The molecule has 1 aliphatic rings. The average molecular weight is 495 g/mol. The maximum atomic E-state index is 13.5. The van der Waals surface area contributed by atoms with Gasteiger partial charge in [-0.3, -0.25) is 4.79 Å². The van der Waals surface area contributed by atoms with Crippen LogP contribution in [-0.4, -0.2) is 34.8 Å². The summed E-state index contributed by atoms with van der Waals surface area (Å²) in [5.74, 6) is 0.554. The van der Waals surface area contributed by atoms with Crippen molar-refractivity contribution < 1.29 is 13.6 Å². The topological polar surface area (TPSA) is 35.5 Å². The number of unbranched alkanes of at least 4 members (excludes halogenated alkanes) is 2. The molecule has 0 heterocycles. The van der Waals surface area contributed by atoms with E-state index in [0.717, 1.165) is 6.42 Å². The minimum absolute atomic E-state index is 0.0213. The van der Waals surface area contributed by atoms with Crippen molar-refractivity contribution in [2.24, 2.45) is 17.3 Å². The van der Waals surface area contributed by atoms with Gasteiger partial charge in [0, 0.05) is 18.8 Å². The zero-order valence-corrected chi connectivity index (χ0v) is 25.9. The molecule has 0 aromatic rings. The highest BCUT2D eigenvalue weighted by Gasteiger charge is 2.56. The van der Waals surface area contributed by atoms with Crippen molar-refractivity contribution in [3.8, 4) is 0 Å². The molecule has 0 radical (unpaired) electrons.